The van der Waals surface area contributed by atoms with Crippen LogP contribution in [-0.2, 0) is 17.8 Å². The fraction of sp³-hybridized carbons (Fsp3) is 0.125. The zero-order valence-corrected chi connectivity index (χ0v) is 17.9. The van der Waals surface area contributed by atoms with E-state index >= 15 is 0 Å². The molecule has 1 amide bonds. The number of hydrazone groups is 1. The van der Waals surface area contributed by atoms with Crippen molar-refractivity contribution in [3.05, 3.63) is 93.8 Å². The van der Waals surface area contributed by atoms with Gasteiger partial charge in [-0.1, -0.05) is 41.9 Å². The van der Waals surface area contributed by atoms with Gasteiger partial charge in [0.2, 0.25) is 5.91 Å². The number of halogens is 2. The van der Waals surface area contributed by atoms with E-state index in [9.17, 15) is 14.4 Å². The number of carbonyl (C=O) groups excluding carboxylic acids is 1. The predicted octanol–water partition coefficient (Wildman–Crippen LogP) is 4.63. The molecule has 162 valence electrons. The highest BCUT2D eigenvalue weighted by molar-refractivity contribution is 6.32. The smallest absolute Gasteiger partial charge is 0.244 e. The molecule has 32 heavy (non-hydrogen) atoms. The number of nitriles is 1. The second-order valence-corrected chi connectivity index (χ2v) is 7.10. The molecule has 0 radical (unpaired) electrons. The summed E-state index contributed by atoms with van der Waals surface area (Å²) in [6.45, 7) is 0.146. The number of carbonyl (C=O) groups is 1. The van der Waals surface area contributed by atoms with Crippen LogP contribution in [0.2, 0.25) is 5.02 Å². The van der Waals surface area contributed by atoms with Gasteiger partial charge in [-0.3, -0.25) is 4.79 Å². The fourth-order valence-electron chi connectivity index (χ4n) is 2.87. The van der Waals surface area contributed by atoms with E-state index in [0.29, 0.717) is 28.2 Å². The summed E-state index contributed by atoms with van der Waals surface area (Å²) in [5, 5.41) is 13.4. The van der Waals surface area contributed by atoms with Crippen molar-refractivity contribution in [1.82, 2.24) is 5.43 Å². The third-order valence-corrected chi connectivity index (χ3v) is 4.72. The molecule has 0 bridgehead atoms. The van der Waals surface area contributed by atoms with Crippen molar-refractivity contribution in [1.29, 1.82) is 5.26 Å². The molecule has 3 rings (SSSR count). The number of nitrogens with one attached hydrogen (secondary N) is 1. The van der Waals surface area contributed by atoms with Gasteiger partial charge in [0.15, 0.2) is 11.5 Å². The maximum Gasteiger partial charge on any atom is 0.244 e. The predicted molar refractivity (Wildman–Crippen MR) is 119 cm³/mol. The first-order valence-electron chi connectivity index (χ1n) is 9.55. The number of hydrogen-bond donors (Lipinski definition) is 1. The molecule has 0 fully saturated rings. The molecule has 3 aromatic rings. The first-order valence-corrected chi connectivity index (χ1v) is 9.92. The van der Waals surface area contributed by atoms with Crippen molar-refractivity contribution in [2.24, 2.45) is 5.10 Å². The largest absolute Gasteiger partial charge is 0.493 e. The highest BCUT2D eigenvalue weighted by atomic mass is 35.5. The number of nitrogens with zero attached hydrogens (tertiary/aromatic N) is 2. The fourth-order valence-corrected chi connectivity index (χ4v) is 3.14. The van der Waals surface area contributed by atoms with Crippen molar-refractivity contribution in [2.45, 2.75) is 13.0 Å². The number of methoxy groups -OCH3 is 1. The first kappa shape index (κ1) is 22.8. The van der Waals surface area contributed by atoms with Crippen molar-refractivity contribution >= 4 is 23.7 Å². The molecule has 0 aliphatic heterocycles. The van der Waals surface area contributed by atoms with E-state index in [-0.39, 0.29) is 29.8 Å². The molecule has 3 aromatic carbocycles. The van der Waals surface area contributed by atoms with Gasteiger partial charge in [0, 0.05) is 5.56 Å². The first-order chi connectivity index (χ1) is 15.5. The van der Waals surface area contributed by atoms with E-state index in [1.807, 2.05) is 6.07 Å². The van der Waals surface area contributed by atoms with Gasteiger partial charge in [0.25, 0.3) is 0 Å². The molecule has 0 aromatic heterocycles. The average Bonchev–Trinajstić information content (AvgIpc) is 2.79. The quantitative estimate of drug-likeness (QED) is 0.399. The third-order valence-electron chi connectivity index (χ3n) is 4.44. The Bertz CT molecular complexity index is 1170. The van der Waals surface area contributed by atoms with Gasteiger partial charge in [-0.05, 0) is 41.5 Å². The zero-order chi connectivity index (χ0) is 22.9. The van der Waals surface area contributed by atoms with Gasteiger partial charge in [-0.2, -0.15) is 10.4 Å². The molecule has 0 heterocycles. The molecule has 8 heteroatoms. The summed E-state index contributed by atoms with van der Waals surface area (Å²) in [6, 6.07) is 18.2. The van der Waals surface area contributed by atoms with Crippen LogP contribution in [0.25, 0.3) is 0 Å². The number of rotatable bonds is 8. The van der Waals surface area contributed by atoms with Crippen LogP contribution in [0.4, 0.5) is 4.39 Å². The summed E-state index contributed by atoms with van der Waals surface area (Å²) < 4.78 is 24.1. The summed E-state index contributed by atoms with van der Waals surface area (Å²) in [6.07, 6.45) is 1.49. The van der Waals surface area contributed by atoms with Crippen molar-refractivity contribution < 1.29 is 18.7 Å². The van der Waals surface area contributed by atoms with Gasteiger partial charge >= 0.3 is 0 Å². The molecule has 0 spiro atoms. The molecule has 6 nitrogen and oxygen atoms in total. The minimum atomic E-state index is -0.361. The molecule has 0 saturated carbocycles. The lowest BCUT2D eigenvalue weighted by Crippen LogP contribution is -2.19. The summed E-state index contributed by atoms with van der Waals surface area (Å²) in [5.74, 6) is 0.00664. The Balaban J connectivity index is 1.65. The molecule has 0 aliphatic rings. The lowest BCUT2D eigenvalue weighted by Gasteiger charge is -2.14. The van der Waals surface area contributed by atoms with Gasteiger partial charge in [0.05, 0.1) is 36.4 Å². The second-order valence-electron chi connectivity index (χ2n) is 6.69. The molecule has 0 atom stereocenters. The zero-order valence-electron chi connectivity index (χ0n) is 17.1. The molecule has 1 N–H and O–H groups in total. The van der Waals surface area contributed by atoms with Crippen LogP contribution in [0.3, 0.4) is 0 Å². The van der Waals surface area contributed by atoms with Crippen LogP contribution < -0.4 is 14.9 Å². The Hall–Kier alpha value is -3.89. The highest BCUT2D eigenvalue weighted by Crippen LogP contribution is 2.36. The van der Waals surface area contributed by atoms with E-state index in [0.717, 1.165) is 5.56 Å². The van der Waals surface area contributed by atoms with Crippen LogP contribution in [0.5, 0.6) is 11.5 Å². The van der Waals surface area contributed by atoms with Crippen LogP contribution in [-0.4, -0.2) is 19.2 Å². The molecular formula is C24H19ClFN3O3. The number of hydrogen-bond acceptors (Lipinski definition) is 5. The Morgan fingerprint density at radius 3 is 2.69 bits per heavy atom. The standard InChI is InChI=1S/C24H19ClFN3O3/c1-31-22-11-17(14-28-29-23(30)12-16-6-8-20(26)9-7-16)10-21(25)24(22)32-15-19-5-3-2-4-18(19)13-27/h2-11,14H,12,15H2,1H3,(H,29,30)/b28-14+. The normalized spacial score (nSPS) is 10.6. The van der Waals surface area contributed by atoms with Gasteiger partial charge in [-0.15, -0.1) is 0 Å². The Kier molecular flexibility index (Phi) is 7.79. The lowest BCUT2D eigenvalue weighted by atomic mass is 10.1. The Morgan fingerprint density at radius 2 is 1.97 bits per heavy atom. The summed E-state index contributed by atoms with van der Waals surface area (Å²) >= 11 is 6.37. The van der Waals surface area contributed by atoms with E-state index in [1.54, 1.807) is 30.3 Å². The van der Waals surface area contributed by atoms with Crippen LogP contribution in [0.15, 0.2) is 65.8 Å². The van der Waals surface area contributed by atoms with E-state index in [4.69, 9.17) is 21.1 Å². The number of benzene rings is 3. The van der Waals surface area contributed by atoms with Crippen molar-refractivity contribution in [3.8, 4) is 17.6 Å². The Morgan fingerprint density at radius 1 is 1.22 bits per heavy atom. The topological polar surface area (TPSA) is 83.7 Å². The Labute approximate surface area is 189 Å². The summed E-state index contributed by atoms with van der Waals surface area (Å²) in [7, 11) is 1.48. The van der Waals surface area contributed by atoms with E-state index in [1.165, 1.54) is 37.6 Å². The molecule has 0 aliphatic carbocycles. The van der Waals surface area contributed by atoms with Gasteiger partial charge in [0.1, 0.15) is 12.4 Å². The van der Waals surface area contributed by atoms with Crippen LogP contribution in [0, 0.1) is 17.1 Å². The molecule has 0 saturated heterocycles. The number of ether oxygens (including phenoxy) is 2. The maximum atomic E-state index is 12.9. The van der Waals surface area contributed by atoms with E-state index < -0.39 is 0 Å². The average molecular weight is 452 g/mol. The lowest BCUT2D eigenvalue weighted by molar-refractivity contribution is -0.120. The third kappa shape index (κ3) is 6.06. The number of amides is 1. The highest BCUT2D eigenvalue weighted by Gasteiger charge is 2.13. The summed E-state index contributed by atoms with van der Waals surface area (Å²) in [5.41, 5.74) is 4.91. The van der Waals surface area contributed by atoms with Gasteiger partial charge in [-0.25, -0.2) is 9.82 Å². The SMILES string of the molecule is COc1cc(/C=N/NC(=O)Cc2ccc(F)cc2)cc(Cl)c1OCc1ccccc1C#N. The van der Waals surface area contributed by atoms with Crippen molar-refractivity contribution in [2.75, 3.05) is 7.11 Å². The molecule has 0 unspecified atom stereocenters. The van der Waals surface area contributed by atoms with Crippen LogP contribution >= 0.6 is 11.6 Å². The molecular weight excluding hydrogens is 433 g/mol. The minimum Gasteiger partial charge on any atom is -0.493 e. The maximum absolute atomic E-state index is 12.9. The van der Waals surface area contributed by atoms with Crippen LogP contribution in [0.1, 0.15) is 22.3 Å². The minimum absolute atomic E-state index is 0.0681. The second kappa shape index (κ2) is 10.9. The van der Waals surface area contributed by atoms with E-state index in [2.05, 4.69) is 16.6 Å². The summed E-state index contributed by atoms with van der Waals surface area (Å²) in [4.78, 5) is 12.0. The van der Waals surface area contributed by atoms with Gasteiger partial charge < -0.3 is 9.47 Å². The monoisotopic (exact) mass is 451 g/mol. The van der Waals surface area contributed by atoms with Crippen molar-refractivity contribution in [3.63, 3.8) is 0 Å².